The fourth-order valence-corrected chi connectivity index (χ4v) is 3.66. The Morgan fingerprint density at radius 2 is 2.03 bits per heavy atom. The van der Waals surface area contributed by atoms with E-state index < -0.39 is 11.7 Å². The minimum absolute atomic E-state index is 0.107. The Labute approximate surface area is 178 Å². The van der Waals surface area contributed by atoms with Crippen molar-refractivity contribution in [2.24, 2.45) is 0 Å². The van der Waals surface area contributed by atoms with Crippen molar-refractivity contribution in [3.63, 3.8) is 0 Å². The Bertz CT molecular complexity index is 1150. The Kier molecular flexibility index (Phi) is 5.77. The molecule has 2 amide bonds. The van der Waals surface area contributed by atoms with Crippen LogP contribution >= 0.6 is 0 Å². The monoisotopic (exact) mass is 422 g/mol. The predicted octanol–water partition coefficient (Wildman–Crippen LogP) is 2.71. The summed E-state index contributed by atoms with van der Waals surface area (Å²) in [6.45, 7) is 5.26. The van der Waals surface area contributed by atoms with Crippen LogP contribution in [-0.2, 0) is 4.79 Å². The molecular formula is C22H23FN6O2. The highest BCUT2D eigenvalue weighted by molar-refractivity contribution is 6.05. The first kappa shape index (κ1) is 20.7. The lowest BCUT2D eigenvalue weighted by Crippen LogP contribution is -2.43. The zero-order valence-electron chi connectivity index (χ0n) is 17.1. The fourth-order valence-electron chi connectivity index (χ4n) is 3.66. The van der Waals surface area contributed by atoms with Crippen molar-refractivity contribution >= 4 is 28.4 Å². The number of benzene rings is 1. The molecule has 0 aliphatic carbocycles. The first-order chi connectivity index (χ1) is 14.9. The lowest BCUT2D eigenvalue weighted by Gasteiger charge is -2.29. The number of hydrogen-bond acceptors (Lipinski definition) is 5. The Balaban J connectivity index is 1.62. The van der Waals surface area contributed by atoms with Crippen molar-refractivity contribution in [1.82, 2.24) is 25.4 Å². The lowest BCUT2D eigenvalue weighted by atomic mass is 10.0. The van der Waals surface area contributed by atoms with Crippen LogP contribution in [0.15, 0.2) is 43.1 Å². The number of hydrogen-bond donors (Lipinski definition) is 3. The van der Waals surface area contributed by atoms with Gasteiger partial charge in [0.2, 0.25) is 5.91 Å². The molecule has 3 aromatic rings. The summed E-state index contributed by atoms with van der Waals surface area (Å²) in [7, 11) is 2.06. The molecule has 4 rings (SSSR count). The fraction of sp³-hybridized carbons (Fsp3) is 0.273. The Morgan fingerprint density at radius 3 is 2.77 bits per heavy atom. The van der Waals surface area contributed by atoms with Crippen LogP contribution in [-0.4, -0.2) is 58.1 Å². The molecule has 160 valence electrons. The van der Waals surface area contributed by atoms with Gasteiger partial charge in [-0.15, -0.1) is 0 Å². The minimum Gasteiger partial charge on any atom is -0.348 e. The van der Waals surface area contributed by atoms with Crippen molar-refractivity contribution < 1.29 is 14.0 Å². The highest BCUT2D eigenvalue weighted by Crippen LogP contribution is 2.26. The maximum Gasteiger partial charge on any atom is 0.272 e. The number of H-pyrrole nitrogens is 1. The summed E-state index contributed by atoms with van der Waals surface area (Å²) in [6.07, 6.45) is 4.44. The second-order valence-corrected chi connectivity index (χ2v) is 7.66. The molecule has 0 radical (unpaired) electrons. The summed E-state index contributed by atoms with van der Waals surface area (Å²) in [5.74, 6) is -1.22. The van der Waals surface area contributed by atoms with Crippen molar-refractivity contribution in [1.29, 1.82) is 0 Å². The number of piperidine rings is 1. The van der Waals surface area contributed by atoms with Gasteiger partial charge in [-0.1, -0.05) is 6.58 Å². The van der Waals surface area contributed by atoms with Crippen LogP contribution in [0.1, 0.15) is 23.3 Å². The van der Waals surface area contributed by atoms with Gasteiger partial charge < -0.3 is 15.5 Å². The van der Waals surface area contributed by atoms with E-state index in [1.807, 2.05) is 0 Å². The zero-order chi connectivity index (χ0) is 22.0. The number of pyridine rings is 1. The van der Waals surface area contributed by atoms with Gasteiger partial charge in [-0.2, -0.15) is 5.10 Å². The average Bonchev–Trinajstić information content (AvgIpc) is 3.18. The summed E-state index contributed by atoms with van der Waals surface area (Å²) in [4.78, 5) is 31.0. The molecule has 1 fully saturated rings. The van der Waals surface area contributed by atoms with E-state index in [0.29, 0.717) is 22.2 Å². The molecule has 3 heterocycles. The SMILES string of the molecule is C=CC(=O)Nc1cc(F)cc(-c2cc3c(C(=O)NC4CCN(C)CC4)n[nH]c3cn2)c1. The van der Waals surface area contributed by atoms with Crippen molar-refractivity contribution in [3.8, 4) is 11.3 Å². The normalized spacial score (nSPS) is 15.0. The highest BCUT2D eigenvalue weighted by Gasteiger charge is 2.22. The van der Waals surface area contributed by atoms with Crippen molar-refractivity contribution in [3.05, 3.63) is 54.6 Å². The molecule has 0 spiro atoms. The van der Waals surface area contributed by atoms with Gasteiger partial charge in [0, 0.05) is 22.7 Å². The van der Waals surface area contributed by atoms with Gasteiger partial charge in [0.15, 0.2) is 5.69 Å². The molecule has 0 bridgehead atoms. The summed E-state index contributed by atoms with van der Waals surface area (Å²) in [5, 5.41) is 13.2. The molecule has 31 heavy (non-hydrogen) atoms. The van der Waals surface area contributed by atoms with Gasteiger partial charge in [0.1, 0.15) is 5.82 Å². The summed E-state index contributed by atoms with van der Waals surface area (Å²) in [6, 6.07) is 5.93. The van der Waals surface area contributed by atoms with Gasteiger partial charge in [-0.05, 0) is 63.3 Å². The number of aromatic nitrogens is 3. The maximum atomic E-state index is 14.1. The van der Waals surface area contributed by atoms with Crippen LogP contribution in [0.3, 0.4) is 0 Å². The predicted molar refractivity (Wildman–Crippen MR) is 116 cm³/mol. The van der Waals surface area contributed by atoms with Crippen LogP contribution < -0.4 is 10.6 Å². The maximum absolute atomic E-state index is 14.1. The van der Waals surface area contributed by atoms with E-state index in [1.165, 1.54) is 12.1 Å². The van der Waals surface area contributed by atoms with Crippen LogP contribution in [0.2, 0.25) is 0 Å². The first-order valence-electron chi connectivity index (χ1n) is 10.0. The van der Waals surface area contributed by atoms with Gasteiger partial charge in [0.05, 0.1) is 17.4 Å². The van der Waals surface area contributed by atoms with Crippen LogP contribution in [0.4, 0.5) is 10.1 Å². The molecule has 0 saturated carbocycles. The van der Waals surface area contributed by atoms with Crippen LogP contribution in [0, 0.1) is 5.82 Å². The third kappa shape index (κ3) is 4.61. The van der Waals surface area contributed by atoms with Crippen LogP contribution in [0.5, 0.6) is 0 Å². The van der Waals surface area contributed by atoms with Crippen molar-refractivity contribution in [2.45, 2.75) is 18.9 Å². The van der Waals surface area contributed by atoms with Crippen molar-refractivity contribution in [2.75, 3.05) is 25.5 Å². The number of carbonyl (C=O) groups excluding carboxylic acids is 2. The molecule has 9 heteroatoms. The number of rotatable bonds is 5. The average molecular weight is 422 g/mol. The zero-order valence-corrected chi connectivity index (χ0v) is 17.1. The minimum atomic E-state index is -0.522. The smallest absolute Gasteiger partial charge is 0.272 e. The van der Waals surface area contributed by atoms with Gasteiger partial charge in [0.25, 0.3) is 5.91 Å². The standard InChI is InChI=1S/C22H23FN6O2/c1-3-20(30)25-16-9-13(8-14(23)10-16)18-11-17-19(12-24-18)27-28-21(17)22(31)26-15-4-6-29(2)7-5-15/h3,8-12,15H,1,4-7H2,2H3,(H,25,30)(H,26,31)(H,27,28). The Morgan fingerprint density at radius 1 is 1.26 bits per heavy atom. The van der Waals surface area contributed by atoms with E-state index in [1.54, 1.807) is 18.3 Å². The van der Waals surface area contributed by atoms with E-state index in [9.17, 15) is 14.0 Å². The molecule has 0 unspecified atom stereocenters. The van der Waals surface area contributed by atoms with E-state index in [4.69, 9.17) is 0 Å². The lowest BCUT2D eigenvalue weighted by molar-refractivity contribution is -0.111. The number of amides is 2. The molecule has 1 aliphatic rings. The number of aromatic amines is 1. The number of nitrogens with one attached hydrogen (secondary N) is 3. The quantitative estimate of drug-likeness (QED) is 0.549. The third-order valence-electron chi connectivity index (χ3n) is 5.36. The summed E-state index contributed by atoms with van der Waals surface area (Å²) < 4.78 is 14.1. The molecule has 3 N–H and O–H groups in total. The number of likely N-dealkylation sites (tertiary alicyclic amines) is 1. The second-order valence-electron chi connectivity index (χ2n) is 7.66. The van der Waals surface area contributed by atoms with E-state index >= 15 is 0 Å². The van der Waals surface area contributed by atoms with Gasteiger partial charge in [-0.25, -0.2) is 4.39 Å². The molecule has 1 saturated heterocycles. The number of carbonyl (C=O) groups is 2. The highest BCUT2D eigenvalue weighted by atomic mass is 19.1. The number of nitrogens with zero attached hydrogens (tertiary/aromatic N) is 3. The molecular weight excluding hydrogens is 399 g/mol. The number of fused-ring (bicyclic) bond motifs is 1. The molecule has 1 aromatic carbocycles. The third-order valence-corrected chi connectivity index (χ3v) is 5.36. The molecule has 0 atom stereocenters. The molecule has 2 aromatic heterocycles. The van der Waals surface area contributed by atoms with E-state index in [2.05, 4.69) is 44.3 Å². The summed E-state index contributed by atoms with van der Waals surface area (Å²) >= 11 is 0. The first-order valence-corrected chi connectivity index (χ1v) is 10.0. The second kappa shape index (κ2) is 8.65. The largest absolute Gasteiger partial charge is 0.348 e. The number of halogens is 1. The van der Waals surface area contributed by atoms with Gasteiger partial charge in [-0.3, -0.25) is 19.7 Å². The van der Waals surface area contributed by atoms with Crippen LogP contribution in [0.25, 0.3) is 22.2 Å². The molecule has 1 aliphatic heterocycles. The topological polar surface area (TPSA) is 103 Å². The summed E-state index contributed by atoms with van der Waals surface area (Å²) in [5.41, 5.74) is 2.08. The van der Waals surface area contributed by atoms with Gasteiger partial charge >= 0.3 is 0 Å². The number of anilines is 1. The van der Waals surface area contributed by atoms with E-state index in [0.717, 1.165) is 32.0 Å². The Hall–Kier alpha value is -3.59. The van der Waals surface area contributed by atoms with E-state index in [-0.39, 0.29) is 23.3 Å². The molecule has 8 nitrogen and oxygen atoms in total.